The molecule has 2 aromatic rings. The molecule has 0 aromatic heterocycles. The average molecular weight is 298 g/mol. The maximum absolute atomic E-state index is 12.2. The maximum atomic E-state index is 12.2. The zero-order valence-corrected chi connectivity index (χ0v) is 11.7. The van der Waals surface area contributed by atoms with Gasteiger partial charge in [-0.15, -0.1) is 0 Å². The molecule has 0 saturated carbocycles. The summed E-state index contributed by atoms with van der Waals surface area (Å²) in [6.07, 6.45) is 0.295. The molecule has 0 aliphatic carbocycles. The molecule has 0 atom stereocenters. The standard InChI is InChI=1S/C17H14O5/c18-15(13-7-3-4-8-14(13)17(21)22)10-9-11-5-1-2-6-12(11)16(19)20/h1-8H,9-10H2,(H,19,20)(H,21,22). The first kappa shape index (κ1) is 15.4. The lowest BCUT2D eigenvalue weighted by Crippen LogP contribution is -2.10. The second-order valence-electron chi connectivity index (χ2n) is 4.74. The van der Waals surface area contributed by atoms with Gasteiger partial charge in [0.25, 0.3) is 0 Å². The zero-order valence-electron chi connectivity index (χ0n) is 11.7. The third kappa shape index (κ3) is 3.38. The molecule has 0 fully saturated rings. The van der Waals surface area contributed by atoms with E-state index in [4.69, 9.17) is 10.2 Å². The van der Waals surface area contributed by atoms with Crippen molar-refractivity contribution in [1.82, 2.24) is 0 Å². The van der Waals surface area contributed by atoms with Crippen LogP contribution in [0.5, 0.6) is 0 Å². The summed E-state index contributed by atoms with van der Waals surface area (Å²) in [5.74, 6) is -2.53. The van der Waals surface area contributed by atoms with Gasteiger partial charge in [-0.2, -0.15) is 0 Å². The first-order valence-electron chi connectivity index (χ1n) is 6.67. The highest BCUT2D eigenvalue weighted by molar-refractivity contribution is 6.05. The van der Waals surface area contributed by atoms with Crippen molar-refractivity contribution >= 4 is 17.7 Å². The molecule has 0 amide bonds. The minimum atomic E-state index is -1.16. The van der Waals surface area contributed by atoms with Crippen LogP contribution in [0.1, 0.15) is 43.1 Å². The number of carbonyl (C=O) groups is 3. The van der Waals surface area contributed by atoms with Crippen LogP contribution in [0.4, 0.5) is 0 Å². The van der Waals surface area contributed by atoms with Crippen LogP contribution in [-0.2, 0) is 6.42 Å². The van der Waals surface area contributed by atoms with Crippen LogP contribution in [0.25, 0.3) is 0 Å². The molecule has 0 aliphatic rings. The van der Waals surface area contributed by atoms with E-state index in [0.717, 1.165) is 0 Å². The highest BCUT2D eigenvalue weighted by Gasteiger charge is 2.16. The second-order valence-corrected chi connectivity index (χ2v) is 4.74. The van der Waals surface area contributed by atoms with Gasteiger partial charge in [0.05, 0.1) is 11.1 Å². The van der Waals surface area contributed by atoms with Gasteiger partial charge in [0.2, 0.25) is 0 Å². The monoisotopic (exact) mass is 298 g/mol. The van der Waals surface area contributed by atoms with Crippen molar-refractivity contribution in [3.63, 3.8) is 0 Å². The molecular weight excluding hydrogens is 284 g/mol. The molecule has 0 bridgehead atoms. The third-order valence-corrected chi connectivity index (χ3v) is 3.33. The lowest BCUT2D eigenvalue weighted by Gasteiger charge is -2.07. The molecule has 0 radical (unpaired) electrons. The second kappa shape index (κ2) is 6.67. The van der Waals surface area contributed by atoms with E-state index in [1.165, 1.54) is 18.2 Å². The number of aryl methyl sites for hydroxylation is 1. The summed E-state index contributed by atoms with van der Waals surface area (Å²) in [5, 5.41) is 18.2. The van der Waals surface area contributed by atoms with Crippen LogP contribution >= 0.6 is 0 Å². The third-order valence-electron chi connectivity index (χ3n) is 3.33. The Labute approximate surface area is 126 Å². The van der Waals surface area contributed by atoms with E-state index in [1.54, 1.807) is 30.3 Å². The number of aromatic carboxylic acids is 2. The quantitative estimate of drug-likeness (QED) is 0.800. The molecule has 22 heavy (non-hydrogen) atoms. The van der Waals surface area contributed by atoms with Gasteiger partial charge >= 0.3 is 11.9 Å². The number of ketones is 1. The van der Waals surface area contributed by atoms with Crippen molar-refractivity contribution in [2.45, 2.75) is 12.8 Å². The Hall–Kier alpha value is -2.95. The Morgan fingerprint density at radius 1 is 0.727 bits per heavy atom. The summed E-state index contributed by atoms with van der Waals surface area (Å²) in [4.78, 5) is 34.4. The fourth-order valence-electron chi connectivity index (χ4n) is 2.24. The minimum Gasteiger partial charge on any atom is -0.478 e. The van der Waals surface area contributed by atoms with Gasteiger partial charge < -0.3 is 10.2 Å². The molecule has 2 aromatic carbocycles. The number of carboxylic acids is 2. The number of rotatable bonds is 6. The number of hydrogen-bond donors (Lipinski definition) is 2. The predicted molar refractivity (Wildman–Crippen MR) is 79.5 cm³/mol. The molecule has 5 nitrogen and oxygen atoms in total. The van der Waals surface area contributed by atoms with E-state index in [1.807, 2.05) is 0 Å². The summed E-state index contributed by atoms with van der Waals surface area (Å²) in [5.41, 5.74) is 0.805. The van der Waals surface area contributed by atoms with Crippen LogP contribution < -0.4 is 0 Å². The summed E-state index contributed by atoms with van der Waals surface area (Å²) in [6.45, 7) is 0. The van der Waals surface area contributed by atoms with Crippen LogP contribution in [0, 0.1) is 0 Å². The first-order chi connectivity index (χ1) is 10.5. The normalized spacial score (nSPS) is 10.2. The Balaban J connectivity index is 2.18. The van der Waals surface area contributed by atoms with Crippen molar-refractivity contribution in [3.8, 4) is 0 Å². The van der Waals surface area contributed by atoms with E-state index in [9.17, 15) is 14.4 Å². The molecule has 2 rings (SSSR count). The van der Waals surface area contributed by atoms with Crippen LogP contribution in [-0.4, -0.2) is 27.9 Å². The van der Waals surface area contributed by atoms with Crippen LogP contribution in [0.3, 0.4) is 0 Å². The van der Waals surface area contributed by atoms with Crippen LogP contribution in [0.15, 0.2) is 48.5 Å². The SMILES string of the molecule is O=C(O)c1ccccc1CCC(=O)c1ccccc1C(=O)O. The Bertz CT molecular complexity index is 733. The molecule has 0 aliphatic heterocycles. The zero-order chi connectivity index (χ0) is 16.1. The molecule has 0 spiro atoms. The Morgan fingerprint density at radius 2 is 1.23 bits per heavy atom. The fraction of sp³-hybridized carbons (Fsp3) is 0.118. The van der Waals surface area contributed by atoms with Crippen molar-refractivity contribution < 1.29 is 24.6 Å². The van der Waals surface area contributed by atoms with E-state index >= 15 is 0 Å². The first-order valence-corrected chi connectivity index (χ1v) is 6.67. The highest BCUT2D eigenvalue weighted by atomic mass is 16.4. The Kier molecular flexibility index (Phi) is 4.68. The molecule has 5 heteroatoms. The largest absolute Gasteiger partial charge is 0.478 e. The van der Waals surface area contributed by atoms with Gasteiger partial charge in [-0.25, -0.2) is 9.59 Å². The maximum Gasteiger partial charge on any atom is 0.336 e. The molecule has 0 saturated heterocycles. The number of benzene rings is 2. The number of hydrogen-bond acceptors (Lipinski definition) is 3. The van der Waals surface area contributed by atoms with Gasteiger partial charge in [-0.1, -0.05) is 36.4 Å². The van der Waals surface area contributed by atoms with E-state index in [0.29, 0.717) is 5.56 Å². The van der Waals surface area contributed by atoms with Crippen molar-refractivity contribution in [1.29, 1.82) is 0 Å². The summed E-state index contributed by atoms with van der Waals surface area (Å²) in [6, 6.07) is 12.5. The smallest absolute Gasteiger partial charge is 0.336 e. The van der Waals surface area contributed by atoms with E-state index in [2.05, 4.69) is 0 Å². The summed E-state index contributed by atoms with van der Waals surface area (Å²) < 4.78 is 0. The van der Waals surface area contributed by atoms with Crippen molar-refractivity contribution in [3.05, 3.63) is 70.8 Å². The molecule has 0 heterocycles. The minimum absolute atomic E-state index is 0.0426. The number of carbonyl (C=O) groups excluding carboxylic acids is 1. The van der Waals surface area contributed by atoms with Gasteiger partial charge in [0.15, 0.2) is 5.78 Å². The molecular formula is C17H14O5. The van der Waals surface area contributed by atoms with Gasteiger partial charge in [-0.3, -0.25) is 4.79 Å². The Morgan fingerprint density at radius 3 is 1.82 bits per heavy atom. The fourth-order valence-corrected chi connectivity index (χ4v) is 2.24. The lowest BCUT2D eigenvalue weighted by atomic mass is 9.96. The average Bonchev–Trinajstić information content (AvgIpc) is 2.52. The van der Waals surface area contributed by atoms with Gasteiger partial charge in [0, 0.05) is 12.0 Å². The van der Waals surface area contributed by atoms with E-state index in [-0.39, 0.29) is 35.3 Å². The summed E-state index contributed by atoms with van der Waals surface area (Å²) in [7, 11) is 0. The number of carboxylic acid groups (broad SMARTS) is 2. The molecule has 0 unspecified atom stereocenters. The highest BCUT2D eigenvalue weighted by Crippen LogP contribution is 2.16. The van der Waals surface area contributed by atoms with E-state index < -0.39 is 11.9 Å². The molecule has 2 N–H and O–H groups in total. The predicted octanol–water partition coefficient (Wildman–Crippen LogP) is 2.90. The molecule has 112 valence electrons. The lowest BCUT2D eigenvalue weighted by molar-refractivity contribution is 0.0684. The van der Waals surface area contributed by atoms with Crippen molar-refractivity contribution in [2.75, 3.05) is 0 Å². The van der Waals surface area contributed by atoms with Gasteiger partial charge in [-0.05, 0) is 24.1 Å². The van der Waals surface area contributed by atoms with Gasteiger partial charge in [0.1, 0.15) is 0 Å². The van der Waals surface area contributed by atoms with Crippen LogP contribution in [0.2, 0.25) is 0 Å². The van der Waals surface area contributed by atoms with Crippen molar-refractivity contribution in [2.24, 2.45) is 0 Å². The number of Topliss-reactive ketones (excluding diaryl/α,β-unsaturated/α-hetero) is 1. The topological polar surface area (TPSA) is 91.7 Å². The summed E-state index contributed by atoms with van der Waals surface area (Å²) >= 11 is 0.